The number of carbonyl (C=O) groups excluding carboxylic acids is 2. The first-order valence-electron chi connectivity index (χ1n) is 7.75. The Bertz CT molecular complexity index is 858. The van der Waals surface area contributed by atoms with E-state index in [1.165, 1.54) is 4.90 Å². The Hall–Kier alpha value is -2.79. The third-order valence-electron chi connectivity index (χ3n) is 3.77. The fourth-order valence-corrected chi connectivity index (χ4v) is 3.46. The molecule has 0 saturated carbocycles. The van der Waals surface area contributed by atoms with E-state index in [4.69, 9.17) is 4.74 Å². The van der Waals surface area contributed by atoms with Gasteiger partial charge in [0.15, 0.2) is 0 Å². The second-order valence-electron chi connectivity index (χ2n) is 5.42. The van der Waals surface area contributed by atoms with Crippen molar-refractivity contribution in [3.8, 4) is 5.75 Å². The van der Waals surface area contributed by atoms with Crippen molar-refractivity contribution in [2.24, 2.45) is 0 Å². The van der Waals surface area contributed by atoms with Gasteiger partial charge in [-0.3, -0.25) is 9.59 Å². The maximum atomic E-state index is 12.6. The Morgan fingerprint density at radius 3 is 2.60 bits per heavy atom. The number of allylic oxidation sites excluding steroid dienone is 1. The average molecular weight is 351 g/mol. The van der Waals surface area contributed by atoms with E-state index in [9.17, 15) is 9.59 Å². The molecule has 0 spiro atoms. The molecule has 0 atom stereocenters. The lowest BCUT2D eigenvalue weighted by Gasteiger charge is -2.11. The molecule has 3 rings (SSSR count). The normalized spacial score (nSPS) is 15.7. The number of para-hydroxylation sites is 1. The molecule has 1 fully saturated rings. The first kappa shape index (κ1) is 17.0. The number of hydrogen-bond donors (Lipinski definition) is 0. The lowest BCUT2D eigenvalue weighted by molar-refractivity contribution is -0.113. The maximum Gasteiger partial charge on any atom is 0.298 e. The highest BCUT2D eigenvalue weighted by atomic mass is 32.2. The summed E-state index contributed by atoms with van der Waals surface area (Å²) in [5.41, 5.74) is 2.40. The monoisotopic (exact) mass is 351 g/mol. The van der Waals surface area contributed by atoms with Crippen molar-refractivity contribution in [2.75, 3.05) is 12.0 Å². The first-order valence-corrected chi connectivity index (χ1v) is 8.56. The van der Waals surface area contributed by atoms with Crippen molar-refractivity contribution in [1.29, 1.82) is 0 Å². The van der Waals surface area contributed by atoms with Gasteiger partial charge in [-0.15, -0.1) is 6.58 Å². The van der Waals surface area contributed by atoms with E-state index in [1.807, 2.05) is 24.3 Å². The lowest BCUT2D eigenvalue weighted by Crippen LogP contribution is -2.27. The summed E-state index contributed by atoms with van der Waals surface area (Å²) >= 11 is 0.948. The predicted octanol–water partition coefficient (Wildman–Crippen LogP) is 4.66. The first-order chi connectivity index (χ1) is 12.1. The Labute approximate surface area is 150 Å². The topological polar surface area (TPSA) is 46.6 Å². The van der Waals surface area contributed by atoms with E-state index in [0.717, 1.165) is 28.6 Å². The summed E-state index contributed by atoms with van der Waals surface area (Å²) in [7, 11) is 1.62. The molecule has 2 aromatic rings. The van der Waals surface area contributed by atoms with Crippen LogP contribution in [0.3, 0.4) is 0 Å². The van der Waals surface area contributed by atoms with Gasteiger partial charge in [0, 0.05) is 0 Å². The molecular weight excluding hydrogens is 334 g/mol. The van der Waals surface area contributed by atoms with Crippen LogP contribution >= 0.6 is 11.8 Å². The number of thioether (sulfide) groups is 1. The molecule has 126 valence electrons. The summed E-state index contributed by atoms with van der Waals surface area (Å²) in [6.45, 7) is 3.75. The van der Waals surface area contributed by atoms with Gasteiger partial charge in [0.05, 0.1) is 17.7 Å². The van der Waals surface area contributed by atoms with Crippen LogP contribution in [0.4, 0.5) is 10.5 Å². The fourth-order valence-electron chi connectivity index (χ4n) is 2.62. The van der Waals surface area contributed by atoms with Crippen molar-refractivity contribution < 1.29 is 14.3 Å². The largest absolute Gasteiger partial charge is 0.496 e. The minimum Gasteiger partial charge on any atom is -0.496 e. The second kappa shape index (κ2) is 7.40. The maximum absolute atomic E-state index is 12.6. The molecule has 1 saturated heterocycles. The van der Waals surface area contributed by atoms with Gasteiger partial charge in [-0.2, -0.15) is 0 Å². The summed E-state index contributed by atoms with van der Waals surface area (Å²) in [6.07, 6.45) is 4.20. The van der Waals surface area contributed by atoms with Crippen molar-refractivity contribution in [2.45, 2.75) is 6.42 Å². The molecule has 2 amide bonds. The summed E-state index contributed by atoms with van der Waals surface area (Å²) in [5.74, 6) is 0.469. The number of hydrogen-bond acceptors (Lipinski definition) is 4. The lowest BCUT2D eigenvalue weighted by atomic mass is 10.1. The number of ether oxygens (including phenoxy) is 1. The number of anilines is 1. The third kappa shape index (κ3) is 3.51. The van der Waals surface area contributed by atoms with Crippen LogP contribution in [-0.4, -0.2) is 18.3 Å². The van der Waals surface area contributed by atoms with Gasteiger partial charge in [0.2, 0.25) is 0 Å². The zero-order valence-corrected chi connectivity index (χ0v) is 14.6. The standard InChI is InChI=1S/C20H17NO3S/c1-3-7-15-12-14(10-11-17(15)24-2)13-18-19(22)21(20(23)25-18)16-8-5-4-6-9-16/h3-6,8-13H,1,7H2,2H3/b18-13-. The van der Waals surface area contributed by atoms with E-state index in [2.05, 4.69) is 6.58 Å². The molecule has 0 N–H and O–H groups in total. The van der Waals surface area contributed by atoms with E-state index < -0.39 is 0 Å². The van der Waals surface area contributed by atoms with Crippen molar-refractivity contribution in [3.63, 3.8) is 0 Å². The quantitative estimate of drug-likeness (QED) is 0.580. The Kier molecular flexibility index (Phi) is 5.05. The second-order valence-corrected chi connectivity index (χ2v) is 6.41. The highest BCUT2D eigenvalue weighted by Crippen LogP contribution is 2.36. The Morgan fingerprint density at radius 1 is 1.16 bits per heavy atom. The number of amides is 2. The fraction of sp³-hybridized carbons (Fsp3) is 0.100. The molecule has 1 aliphatic heterocycles. The summed E-state index contributed by atoms with van der Waals surface area (Å²) in [4.78, 5) is 26.5. The van der Waals surface area contributed by atoms with E-state index in [0.29, 0.717) is 17.0 Å². The molecule has 0 aromatic heterocycles. The highest BCUT2D eigenvalue weighted by molar-refractivity contribution is 8.19. The van der Waals surface area contributed by atoms with Crippen molar-refractivity contribution >= 4 is 34.7 Å². The molecule has 0 bridgehead atoms. The van der Waals surface area contributed by atoms with Gasteiger partial charge in [0.25, 0.3) is 11.1 Å². The van der Waals surface area contributed by atoms with Crippen LogP contribution in [0.1, 0.15) is 11.1 Å². The Balaban J connectivity index is 1.92. The zero-order valence-electron chi connectivity index (χ0n) is 13.8. The molecule has 4 nitrogen and oxygen atoms in total. The molecule has 25 heavy (non-hydrogen) atoms. The molecule has 0 radical (unpaired) electrons. The number of nitrogens with zero attached hydrogens (tertiary/aromatic N) is 1. The van der Waals surface area contributed by atoms with E-state index in [-0.39, 0.29) is 11.1 Å². The van der Waals surface area contributed by atoms with Gasteiger partial charge < -0.3 is 4.74 Å². The van der Waals surface area contributed by atoms with Crippen LogP contribution in [0.25, 0.3) is 6.08 Å². The SMILES string of the molecule is C=CCc1cc(/C=C2\SC(=O)N(c3ccccc3)C2=O)ccc1OC. The van der Waals surface area contributed by atoms with Crippen LogP contribution in [0.15, 0.2) is 66.1 Å². The van der Waals surface area contributed by atoms with Crippen LogP contribution in [0.5, 0.6) is 5.75 Å². The molecule has 1 heterocycles. The smallest absolute Gasteiger partial charge is 0.298 e. The summed E-state index contributed by atoms with van der Waals surface area (Å²) in [6, 6.07) is 14.6. The number of methoxy groups -OCH3 is 1. The summed E-state index contributed by atoms with van der Waals surface area (Å²) in [5, 5.41) is -0.290. The molecular formula is C20H17NO3S. The summed E-state index contributed by atoms with van der Waals surface area (Å²) < 4.78 is 5.33. The average Bonchev–Trinajstić information content (AvgIpc) is 2.90. The minimum atomic E-state index is -0.303. The van der Waals surface area contributed by atoms with Crippen LogP contribution in [-0.2, 0) is 11.2 Å². The number of rotatable bonds is 5. The van der Waals surface area contributed by atoms with Crippen LogP contribution < -0.4 is 9.64 Å². The van der Waals surface area contributed by atoms with Gasteiger partial charge >= 0.3 is 0 Å². The van der Waals surface area contributed by atoms with Crippen LogP contribution in [0.2, 0.25) is 0 Å². The van der Waals surface area contributed by atoms with Gasteiger partial charge in [-0.1, -0.05) is 30.3 Å². The van der Waals surface area contributed by atoms with Crippen LogP contribution in [0, 0.1) is 0 Å². The molecule has 5 heteroatoms. The Morgan fingerprint density at radius 2 is 1.92 bits per heavy atom. The number of carbonyl (C=O) groups is 2. The van der Waals surface area contributed by atoms with E-state index >= 15 is 0 Å². The van der Waals surface area contributed by atoms with Gasteiger partial charge in [-0.25, -0.2) is 4.90 Å². The predicted molar refractivity (Wildman–Crippen MR) is 102 cm³/mol. The van der Waals surface area contributed by atoms with Crippen molar-refractivity contribution in [1.82, 2.24) is 0 Å². The zero-order chi connectivity index (χ0) is 17.8. The number of benzene rings is 2. The molecule has 1 aliphatic rings. The van der Waals surface area contributed by atoms with Gasteiger partial charge in [0.1, 0.15) is 5.75 Å². The number of imide groups is 1. The molecule has 0 aliphatic carbocycles. The third-order valence-corrected chi connectivity index (χ3v) is 4.64. The highest BCUT2D eigenvalue weighted by Gasteiger charge is 2.36. The molecule has 0 unspecified atom stereocenters. The van der Waals surface area contributed by atoms with Crippen molar-refractivity contribution in [3.05, 3.63) is 77.2 Å². The van der Waals surface area contributed by atoms with Gasteiger partial charge in [-0.05, 0) is 59.7 Å². The minimum absolute atomic E-state index is 0.290. The van der Waals surface area contributed by atoms with E-state index in [1.54, 1.807) is 43.5 Å². The molecule has 2 aromatic carbocycles.